The Balaban J connectivity index is 1.98. The first-order valence-corrected chi connectivity index (χ1v) is 7.17. The highest BCUT2D eigenvalue weighted by atomic mass is 19.1. The number of nitrogen functional groups attached to an aromatic ring is 1. The third kappa shape index (κ3) is 2.15. The van der Waals surface area contributed by atoms with Crippen LogP contribution in [0, 0.1) is 5.82 Å². The monoisotopic (exact) mass is 307 g/mol. The zero-order valence-electron chi connectivity index (χ0n) is 12.4. The van der Waals surface area contributed by atoms with E-state index in [0.29, 0.717) is 11.6 Å². The van der Waals surface area contributed by atoms with Gasteiger partial charge < -0.3 is 11.1 Å². The van der Waals surface area contributed by atoms with Crippen LogP contribution in [0.1, 0.15) is 0 Å². The van der Waals surface area contributed by atoms with E-state index in [1.807, 2.05) is 31.3 Å². The number of nitrogens with two attached hydrogens (primary N) is 1. The molecule has 4 aromatic rings. The number of aryl methyl sites for hydroxylation is 1. The molecule has 0 aliphatic rings. The van der Waals surface area contributed by atoms with Crippen molar-refractivity contribution in [1.82, 2.24) is 14.8 Å². The van der Waals surface area contributed by atoms with E-state index in [4.69, 9.17) is 5.73 Å². The Morgan fingerprint density at radius 3 is 2.61 bits per heavy atom. The van der Waals surface area contributed by atoms with Gasteiger partial charge in [0.05, 0.1) is 16.4 Å². The van der Waals surface area contributed by atoms with E-state index in [9.17, 15) is 4.39 Å². The molecule has 0 amide bonds. The van der Waals surface area contributed by atoms with Crippen molar-refractivity contribution in [2.45, 2.75) is 0 Å². The van der Waals surface area contributed by atoms with Gasteiger partial charge in [0, 0.05) is 18.1 Å². The number of nitrogens with zero attached hydrogens (tertiary/aromatic N) is 3. The third-order valence-electron chi connectivity index (χ3n) is 3.81. The normalized spacial score (nSPS) is 11.2. The van der Waals surface area contributed by atoms with Gasteiger partial charge in [0.2, 0.25) is 0 Å². The Hall–Kier alpha value is -3.15. The van der Waals surface area contributed by atoms with Crippen molar-refractivity contribution in [3.05, 3.63) is 54.3 Å². The lowest BCUT2D eigenvalue weighted by Gasteiger charge is -2.10. The average molecular weight is 307 g/mol. The number of halogens is 1. The number of fused-ring (bicyclic) bond motifs is 3. The largest absolute Gasteiger partial charge is 0.382 e. The summed E-state index contributed by atoms with van der Waals surface area (Å²) in [4.78, 5) is 4.66. The summed E-state index contributed by atoms with van der Waals surface area (Å²) in [5.41, 5.74) is 8.56. The highest BCUT2D eigenvalue weighted by Gasteiger charge is 2.16. The van der Waals surface area contributed by atoms with Crippen LogP contribution in [0.5, 0.6) is 0 Å². The summed E-state index contributed by atoms with van der Waals surface area (Å²) in [5, 5.41) is 9.27. The van der Waals surface area contributed by atoms with Crippen LogP contribution in [-0.2, 0) is 7.05 Å². The maximum atomic E-state index is 13.1. The zero-order chi connectivity index (χ0) is 16.0. The molecule has 0 bridgehead atoms. The number of hydrogen-bond donors (Lipinski definition) is 2. The number of rotatable bonds is 2. The van der Waals surface area contributed by atoms with Gasteiger partial charge >= 0.3 is 0 Å². The van der Waals surface area contributed by atoms with Gasteiger partial charge in [-0.15, -0.1) is 0 Å². The maximum Gasteiger partial charge on any atom is 0.157 e. The van der Waals surface area contributed by atoms with E-state index in [0.717, 1.165) is 27.5 Å². The Morgan fingerprint density at radius 2 is 1.83 bits per heavy atom. The van der Waals surface area contributed by atoms with Gasteiger partial charge in [-0.25, -0.2) is 9.37 Å². The Morgan fingerprint density at radius 1 is 1.09 bits per heavy atom. The number of hydrogen-bond acceptors (Lipinski definition) is 4. The van der Waals surface area contributed by atoms with Crippen molar-refractivity contribution in [2.24, 2.45) is 7.05 Å². The maximum absolute atomic E-state index is 13.1. The molecule has 23 heavy (non-hydrogen) atoms. The quantitative estimate of drug-likeness (QED) is 0.594. The van der Waals surface area contributed by atoms with E-state index in [2.05, 4.69) is 15.4 Å². The van der Waals surface area contributed by atoms with E-state index in [1.54, 1.807) is 16.8 Å². The molecule has 3 N–H and O–H groups in total. The third-order valence-corrected chi connectivity index (χ3v) is 3.81. The van der Waals surface area contributed by atoms with Gasteiger partial charge in [0.25, 0.3) is 0 Å². The summed E-state index contributed by atoms with van der Waals surface area (Å²) in [6, 6.07) is 13.9. The molecule has 5 nitrogen and oxygen atoms in total. The molecule has 0 saturated heterocycles. The van der Waals surface area contributed by atoms with Crippen molar-refractivity contribution in [2.75, 3.05) is 11.1 Å². The summed E-state index contributed by atoms with van der Waals surface area (Å²) in [5.74, 6) is 0.731. The topological polar surface area (TPSA) is 68.8 Å². The number of aromatic nitrogens is 3. The molecule has 0 saturated carbocycles. The van der Waals surface area contributed by atoms with Crippen LogP contribution in [0.2, 0.25) is 0 Å². The summed E-state index contributed by atoms with van der Waals surface area (Å²) >= 11 is 0. The molecular weight excluding hydrogens is 293 g/mol. The van der Waals surface area contributed by atoms with Crippen molar-refractivity contribution < 1.29 is 4.39 Å². The molecule has 4 rings (SSSR count). The van der Waals surface area contributed by atoms with Gasteiger partial charge in [-0.3, -0.25) is 4.68 Å². The molecule has 114 valence electrons. The molecule has 0 fully saturated rings. The van der Waals surface area contributed by atoms with Crippen LogP contribution in [-0.4, -0.2) is 14.8 Å². The zero-order valence-corrected chi connectivity index (χ0v) is 12.4. The number of anilines is 3. The Bertz CT molecular complexity index is 1020. The smallest absolute Gasteiger partial charge is 0.157 e. The standard InChI is InChI=1S/C17H14FN5/c1-23-15-12-4-2-3-5-13(12)21-17(14(15)16(19)22-23)20-11-8-6-10(18)7-9-11/h2-9H,1H3,(H2,19,22)(H,20,21). The van der Waals surface area contributed by atoms with Crippen molar-refractivity contribution in [3.8, 4) is 0 Å². The summed E-state index contributed by atoms with van der Waals surface area (Å²) in [7, 11) is 1.85. The fourth-order valence-corrected chi connectivity index (χ4v) is 2.80. The van der Waals surface area contributed by atoms with Gasteiger partial charge in [-0.1, -0.05) is 18.2 Å². The lowest BCUT2D eigenvalue weighted by atomic mass is 10.1. The van der Waals surface area contributed by atoms with Crippen molar-refractivity contribution >= 4 is 39.1 Å². The second-order valence-corrected chi connectivity index (χ2v) is 5.34. The molecule has 0 aliphatic heterocycles. The predicted molar refractivity (Wildman–Crippen MR) is 90.1 cm³/mol. The van der Waals surface area contributed by atoms with Gasteiger partial charge in [0.15, 0.2) is 5.82 Å². The van der Waals surface area contributed by atoms with Gasteiger partial charge in [0.1, 0.15) is 11.6 Å². The first-order chi connectivity index (χ1) is 11.1. The molecule has 6 heteroatoms. The second kappa shape index (κ2) is 4.95. The number of pyridine rings is 1. The minimum absolute atomic E-state index is 0.284. The van der Waals surface area contributed by atoms with Crippen LogP contribution in [0.4, 0.5) is 21.7 Å². The SMILES string of the molecule is Cn1nc(N)c2c(Nc3ccc(F)cc3)nc3ccccc3c21. The highest BCUT2D eigenvalue weighted by molar-refractivity contribution is 6.12. The van der Waals surface area contributed by atoms with Crippen molar-refractivity contribution in [3.63, 3.8) is 0 Å². The first-order valence-electron chi connectivity index (χ1n) is 7.17. The van der Waals surface area contributed by atoms with E-state index >= 15 is 0 Å². The summed E-state index contributed by atoms with van der Waals surface area (Å²) < 4.78 is 14.8. The fraction of sp³-hybridized carbons (Fsp3) is 0.0588. The summed E-state index contributed by atoms with van der Waals surface area (Å²) in [6.07, 6.45) is 0. The van der Waals surface area contributed by atoms with Crippen LogP contribution >= 0.6 is 0 Å². The molecule has 0 atom stereocenters. The van der Waals surface area contributed by atoms with Crippen molar-refractivity contribution in [1.29, 1.82) is 0 Å². The van der Waals surface area contributed by atoms with Gasteiger partial charge in [-0.05, 0) is 30.3 Å². The van der Waals surface area contributed by atoms with Gasteiger partial charge in [-0.2, -0.15) is 5.10 Å². The minimum atomic E-state index is -0.284. The Kier molecular flexibility index (Phi) is 2.90. The molecule has 0 radical (unpaired) electrons. The average Bonchev–Trinajstić information content (AvgIpc) is 2.85. The highest BCUT2D eigenvalue weighted by Crippen LogP contribution is 2.34. The molecule has 0 aliphatic carbocycles. The Labute approximate surface area is 131 Å². The predicted octanol–water partition coefficient (Wildman–Crippen LogP) is 3.59. The van der Waals surface area contributed by atoms with Crippen LogP contribution in [0.3, 0.4) is 0 Å². The van der Waals surface area contributed by atoms with E-state index in [-0.39, 0.29) is 5.82 Å². The molecule has 0 unspecified atom stereocenters. The van der Waals surface area contributed by atoms with E-state index < -0.39 is 0 Å². The lowest BCUT2D eigenvalue weighted by molar-refractivity contribution is 0.628. The molecule has 2 heterocycles. The molecule has 2 aromatic heterocycles. The van der Waals surface area contributed by atoms with E-state index in [1.165, 1.54) is 12.1 Å². The number of para-hydroxylation sites is 1. The number of benzene rings is 2. The molecule has 2 aromatic carbocycles. The number of nitrogens with one attached hydrogen (secondary N) is 1. The lowest BCUT2D eigenvalue weighted by Crippen LogP contribution is -1.97. The molecule has 0 spiro atoms. The fourth-order valence-electron chi connectivity index (χ4n) is 2.80. The first kappa shape index (κ1) is 13.5. The minimum Gasteiger partial charge on any atom is -0.382 e. The molecular formula is C17H14FN5. The second-order valence-electron chi connectivity index (χ2n) is 5.34. The summed E-state index contributed by atoms with van der Waals surface area (Å²) in [6.45, 7) is 0. The van der Waals surface area contributed by atoms with Crippen LogP contribution in [0.25, 0.3) is 21.8 Å². The van der Waals surface area contributed by atoms with Crippen LogP contribution < -0.4 is 11.1 Å². The van der Waals surface area contributed by atoms with Crippen LogP contribution in [0.15, 0.2) is 48.5 Å².